The predicted molar refractivity (Wildman–Crippen MR) is 86.2 cm³/mol. The van der Waals surface area contributed by atoms with Crippen molar-refractivity contribution in [1.82, 2.24) is 5.32 Å². The van der Waals surface area contributed by atoms with Gasteiger partial charge in [0, 0.05) is 6.04 Å². The summed E-state index contributed by atoms with van der Waals surface area (Å²) in [5, 5.41) is 12.2. The first-order valence-corrected chi connectivity index (χ1v) is 7.88. The van der Waals surface area contributed by atoms with Crippen molar-refractivity contribution in [3.05, 3.63) is 35.4 Å². The summed E-state index contributed by atoms with van der Waals surface area (Å²) in [4.78, 5) is 12.2. The van der Waals surface area contributed by atoms with E-state index in [1.54, 1.807) is 6.08 Å². The van der Waals surface area contributed by atoms with Gasteiger partial charge >= 0.3 is 0 Å². The molecule has 0 aliphatic heterocycles. The lowest BCUT2D eigenvalue weighted by Gasteiger charge is -2.22. The third-order valence-electron chi connectivity index (χ3n) is 3.81. The van der Waals surface area contributed by atoms with Crippen LogP contribution in [0.25, 0.3) is 6.08 Å². The summed E-state index contributed by atoms with van der Waals surface area (Å²) in [6, 6.07) is 9.56. The summed E-state index contributed by atoms with van der Waals surface area (Å²) >= 11 is 0. The van der Waals surface area contributed by atoms with Crippen molar-refractivity contribution >= 4 is 12.0 Å². The average Bonchev–Trinajstić information content (AvgIpc) is 2.55. The molecule has 4 heteroatoms. The van der Waals surface area contributed by atoms with Crippen LogP contribution in [0.2, 0.25) is 0 Å². The lowest BCUT2D eigenvalue weighted by atomic mass is 9.95. The molecule has 1 aliphatic rings. The fourth-order valence-electron chi connectivity index (χ4n) is 2.65. The van der Waals surface area contributed by atoms with Crippen molar-refractivity contribution in [2.75, 3.05) is 6.61 Å². The van der Waals surface area contributed by atoms with E-state index < -0.39 is 0 Å². The van der Waals surface area contributed by atoms with Crippen LogP contribution in [0.5, 0.6) is 5.75 Å². The number of carbonyl (C=O) groups excluding carboxylic acids is 1. The Labute approximate surface area is 131 Å². The molecule has 0 radical (unpaired) electrons. The molecule has 22 heavy (non-hydrogen) atoms. The summed E-state index contributed by atoms with van der Waals surface area (Å²) in [5.74, 6) is 0.507. The number of hydrogen-bond acceptors (Lipinski definition) is 3. The summed E-state index contributed by atoms with van der Waals surface area (Å²) in [5.41, 5.74) is 0.966. The van der Waals surface area contributed by atoms with Crippen LogP contribution in [0.4, 0.5) is 0 Å². The largest absolute Gasteiger partial charge is 0.494 e. The first-order chi connectivity index (χ1) is 10.7. The van der Waals surface area contributed by atoms with Crippen molar-refractivity contribution in [2.45, 2.75) is 45.1 Å². The smallest absolute Gasteiger partial charge is 0.262 e. The van der Waals surface area contributed by atoms with E-state index in [4.69, 9.17) is 4.74 Å². The second-order valence-corrected chi connectivity index (χ2v) is 5.48. The first kappa shape index (κ1) is 16.1. The first-order valence-electron chi connectivity index (χ1n) is 7.88. The number of nitriles is 1. The van der Waals surface area contributed by atoms with Crippen LogP contribution in [0, 0.1) is 11.3 Å². The van der Waals surface area contributed by atoms with Gasteiger partial charge in [0.1, 0.15) is 17.4 Å². The Morgan fingerprint density at radius 3 is 2.59 bits per heavy atom. The zero-order valence-corrected chi connectivity index (χ0v) is 13.0. The molecule has 0 bridgehead atoms. The van der Waals surface area contributed by atoms with Crippen molar-refractivity contribution in [3.63, 3.8) is 0 Å². The molecule has 1 amide bonds. The second kappa shape index (κ2) is 8.23. The summed E-state index contributed by atoms with van der Waals surface area (Å²) in [6.45, 7) is 2.54. The summed E-state index contributed by atoms with van der Waals surface area (Å²) < 4.78 is 5.38. The molecule has 1 saturated carbocycles. The highest BCUT2D eigenvalue weighted by Crippen LogP contribution is 2.18. The van der Waals surface area contributed by atoms with Gasteiger partial charge in [0.25, 0.3) is 5.91 Å². The number of hydrogen-bond donors (Lipinski definition) is 1. The highest BCUT2D eigenvalue weighted by molar-refractivity contribution is 6.01. The third-order valence-corrected chi connectivity index (χ3v) is 3.81. The van der Waals surface area contributed by atoms with E-state index in [9.17, 15) is 10.1 Å². The number of ether oxygens (including phenoxy) is 1. The van der Waals surface area contributed by atoms with Gasteiger partial charge in [-0.05, 0) is 43.5 Å². The maximum atomic E-state index is 12.2. The number of nitrogens with one attached hydrogen (secondary N) is 1. The minimum atomic E-state index is -0.275. The average molecular weight is 298 g/mol. The van der Waals surface area contributed by atoms with Gasteiger partial charge in [-0.1, -0.05) is 31.4 Å². The zero-order chi connectivity index (χ0) is 15.8. The van der Waals surface area contributed by atoms with E-state index in [0.29, 0.717) is 6.61 Å². The van der Waals surface area contributed by atoms with E-state index >= 15 is 0 Å². The van der Waals surface area contributed by atoms with E-state index in [2.05, 4.69) is 5.32 Å². The van der Waals surface area contributed by atoms with E-state index in [-0.39, 0.29) is 17.5 Å². The summed E-state index contributed by atoms with van der Waals surface area (Å²) in [6.07, 6.45) is 7.17. The fourth-order valence-corrected chi connectivity index (χ4v) is 2.65. The molecular formula is C18H22N2O2. The van der Waals surface area contributed by atoms with E-state index in [1.807, 2.05) is 37.3 Å². The fraction of sp³-hybridized carbons (Fsp3) is 0.444. The van der Waals surface area contributed by atoms with Crippen molar-refractivity contribution in [1.29, 1.82) is 5.26 Å². The highest BCUT2D eigenvalue weighted by atomic mass is 16.5. The number of rotatable bonds is 5. The second-order valence-electron chi connectivity index (χ2n) is 5.48. The van der Waals surface area contributed by atoms with Gasteiger partial charge in [-0.2, -0.15) is 5.26 Å². The maximum Gasteiger partial charge on any atom is 0.262 e. The van der Waals surface area contributed by atoms with Crippen molar-refractivity contribution < 1.29 is 9.53 Å². The molecule has 1 aromatic rings. The van der Waals surface area contributed by atoms with Crippen LogP contribution >= 0.6 is 0 Å². The molecule has 0 saturated heterocycles. The molecular weight excluding hydrogens is 276 g/mol. The van der Waals surface area contributed by atoms with Crippen LogP contribution in [0.15, 0.2) is 29.8 Å². The lowest BCUT2D eigenvalue weighted by molar-refractivity contribution is -0.117. The molecule has 4 nitrogen and oxygen atoms in total. The Morgan fingerprint density at radius 1 is 1.32 bits per heavy atom. The molecule has 0 unspecified atom stereocenters. The third kappa shape index (κ3) is 4.63. The lowest BCUT2D eigenvalue weighted by Crippen LogP contribution is -2.36. The monoisotopic (exact) mass is 298 g/mol. The number of benzene rings is 1. The molecule has 0 aromatic heterocycles. The van der Waals surface area contributed by atoms with Gasteiger partial charge < -0.3 is 10.1 Å². The molecule has 1 aromatic carbocycles. The normalized spacial score (nSPS) is 15.9. The number of amides is 1. The van der Waals surface area contributed by atoms with Gasteiger partial charge in [0.05, 0.1) is 6.61 Å². The Hall–Kier alpha value is -2.28. The Morgan fingerprint density at radius 2 is 2.00 bits per heavy atom. The Balaban J connectivity index is 2.02. The topological polar surface area (TPSA) is 62.1 Å². The van der Waals surface area contributed by atoms with Gasteiger partial charge in [-0.25, -0.2) is 0 Å². The molecule has 1 N–H and O–H groups in total. The maximum absolute atomic E-state index is 12.2. The molecule has 1 aliphatic carbocycles. The molecule has 0 spiro atoms. The Bertz CT molecular complexity index is 564. The standard InChI is InChI=1S/C18H22N2O2/c1-2-22-17-10-8-14(9-11-17)12-15(13-19)18(21)20-16-6-4-3-5-7-16/h8-12,16H,2-7H2,1H3,(H,20,21)/b15-12+. The van der Waals surface area contributed by atoms with Crippen LogP contribution in [-0.4, -0.2) is 18.6 Å². The molecule has 1 fully saturated rings. The minimum absolute atomic E-state index is 0.148. The Kier molecular flexibility index (Phi) is 6.02. The van der Waals surface area contributed by atoms with Gasteiger partial charge in [-0.3, -0.25) is 4.79 Å². The molecule has 0 heterocycles. The highest BCUT2D eigenvalue weighted by Gasteiger charge is 2.17. The van der Waals surface area contributed by atoms with Gasteiger partial charge in [0.15, 0.2) is 0 Å². The predicted octanol–water partition coefficient (Wildman–Crippen LogP) is 3.44. The summed E-state index contributed by atoms with van der Waals surface area (Å²) in [7, 11) is 0. The van der Waals surface area contributed by atoms with Crippen LogP contribution < -0.4 is 10.1 Å². The van der Waals surface area contributed by atoms with E-state index in [1.165, 1.54) is 6.42 Å². The SMILES string of the molecule is CCOc1ccc(/C=C(\C#N)C(=O)NC2CCCCC2)cc1. The van der Waals surface area contributed by atoms with Crippen molar-refractivity contribution in [2.24, 2.45) is 0 Å². The molecule has 2 rings (SSSR count). The number of nitrogens with zero attached hydrogens (tertiary/aromatic N) is 1. The van der Waals surface area contributed by atoms with Crippen molar-refractivity contribution in [3.8, 4) is 11.8 Å². The van der Waals surface area contributed by atoms with Gasteiger partial charge in [0.2, 0.25) is 0 Å². The zero-order valence-electron chi connectivity index (χ0n) is 13.0. The van der Waals surface area contributed by atoms with Crippen LogP contribution in [0.1, 0.15) is 44.6 Å². The molecule has 0 atom stereocenters. The molecule has 116 valence electrons. The number of carbonyl (C=O) groups is 1. The quantitative estimate of drug-likeness (QED) is 0.669. The van der Waals surface area contributed by atoms with Crippen LogP contribution in [-0.2, 0) is 4.79 Å². The van der Waals surface area contributed by atoms with E-state index in [0.717, 1.165) is 37.0 Å². The van der Waals surface area contributed by atoms with Gasteiger partial charge in [-0.15, -0.1) is 0 Å². The van der Waals surface area contributed by atoms with Crippen LogP contribution in [0.3, 0.4) is 0 Å². The minimum Gasteiger partial charge on any atom is -0.494 e.